The molecule has 2 fully saturated rings. The van der Waals surface area contributed by atoms with Crippen LogP contribution in [0.25, 0.3) is 0 Å². The summed E-state index contributed by atoms with van der Waals surface area (Å²) in [5, 5.41) is 24.7. The van der Waals surface area contributed by atoms with E-state index < -0.39 is 42.2 Å². The standard InChI is InChI=1S/C23H29N5O5/c1-27(21(31)11-20(30)26-18-8-5-9-19(18)29)14-22(32)28-13-15(10-17(28)12-24)23(33)25-16-6-3-2-4-7-16/h2-4,6-7,15,17-19,29H,5,8-11,13-14H2,1H3,(H,25,33)(H,26,30). The lowest BCUT2D eigenvalue weighted by atomic mass is 10.1. The molecular weight excluding hydrogens is 426 g/mol. The highest BCUT2D eigenvalue weighted by molar-refractivity contribution is 5.98. The lowest BCUT2D eigenvalue weighted by Gasteiger charge is -2.24. The number of nitriles is 1. The van der Waals surface area contributed by atoms with Crippen LogP contribution in [-0.4, -0.2) is 76.9 Å². The molecule has 4 unspecified atom stereocenters. The molecule has 2 aliphatic rings. The second kappa shape index (κ2) is 10.9. The van der Waals surface area contributed by atoms with Gasteiger partial charge in [0.2, 0.25) is 23.6 Å². The Kier molecular flexibility index (Phi) is 8.01. The maximum atomic E-state index is 12.8. The highest BCUT2D eigenvalue weighted by Gasteiger charge is 2.39. The van der Waals surface area contributed by atoms with Crippen molar-refractivity contribution < 1.29 is 24.3 Å². The Hall–Kier alpha value is -3.45. The molecule has 3 N–H and O–H groups in total. The van der Waals surface area contributed by atoms with E-state index in [1.54, 1.807) is 24.3 Å². The summed E-state index contributed by atoms with van der Waals surface area (Å²) in [6.07, 6.45) is 1.27. The van der Waals surface area contributed by atoms with E-state index in [2.05, 4.69) is 16.7 Å². The van der Waals surface area contributed by atoms with Crippen molar-refractivity contribution >= 4 is 29.3 Å². The summed E-state index contributed by atoms with van der Waals surface area (Å²) in [6, 6.07) is 9.86. The van der Waals surface area contributed by atoms with Gasteiger partial charge in [-0.2, -0.15) is 5.26 Å². The minimum absolute atomic E-state index is 0.0812. The number of hydrogen-bond acceptors (Lipinski definition) is 6. The number of rotatable bonds is 7. The van der Waals surface area contributed by atoms with Gasteiger partial charge in [-0.1, -0.05) is 18.2 Å². The summed E-state index contributed by atoms with van der Waals surface area (Å²) in [5.41, 5.74) is 0.634. The first-order valence-electron chi connectivity index (χ1n) is 11.0. The molecule has 10 heteroatoms. The van der Waals surface area contributed by atoms with Crippen LogP contribution < -0.4 is 10.6 Å². The zero-order valence-corrected chi connectivity index (χ0v) is 18.6. The molecule has 176 valence electrons. The monoisotopic (exact) mass is 455 g/mol. The van der Waals surface area contributed by atoms with Crippen molar-refractivity contribution in [3.8, 4) is 6.07 Å². The van der Waals surface area contributed by atoms with Crippen molar-refractivity contribution in [1.29, 1.82) is 5.26 Å². The van der Waals surface area contributed by atoms with E-state index in [1.807, 2.05) is 6.07 Å². The van der Waals surface area contributed by atoms with E-state index in [9.17, 15) is 29.5 Å². The Labute approximate surface area is 192 Å². The number of anilines is 1. The predicted octanol–water partition coefficient (Wildman–Crippen LogP) is 0.244. The maximum absolute atomic E-state index is 12.8. The van der Waals surface area contributed by atoms with Crippen molar-refractivity contribution in [1.82, 2.24) is 15.1 Å². The van der Waals surface area contributed by atoms with Gasteiger partial charge in [-0.05, 0) is 37.8 Å². The molecule has 1 aliphatic carbocycles. The lowest BCUT2D eigenvalue weighted by molar-refractivity contribution is -0.142. The summed E-state index contributed by atoms with van der Waals surface area (Å²) in [5.74, 6) is -2.31. The molecule has 0 bridgehead atoms. The van der Waals surface area contributed by atoms with E-state index in [0.29, 0.717) is 18.5 Å². The summed E-state index contributed by atoms with van der Waals surface area (Å²) >= 11 is 0. The number of nitrogens with zero attached hydrogens (tertiary/aromatic N) is 3. The van der Waals surface area contributed by atoms with Crippen LogP contribution in [0.4, 0.5) is 5.69 Å². The molecule has 10 nitrogen and oxygen atoms in total. The van der Waals surface area contributed by atoms with Gasteiger partial charge >= 0.3 is 0 Å². The number of likely N-dealkylation sites (tertiary alicyclic amines) is 1. The van der Waals surface area contributed by atoms with Gasteiger partial charge < -0.3 is 25.5 Å². The van der Waals surface area contributed by atoms with Gasteiger partial charge in [-0.25, -0.2) is 0 Å². The van der Waals surface area contributed by atoms with Gasteiger partial charge in [-0.3, -0.25) is 19.2 Å². The van der Waals surface area contributed by atoms with Gasteiger partial charge in [-0.15, -0.1) is 0 Å². The second-order valence-electron chi connectivity index (χ2n) is 8.58. The number of carbonyl (C=O) groups is 4. The largest absolute Gasteiger partial charge is 0.391 e. The molecule has 1 saturated heterocycles. The third-order valence-electron chi connectivity index (χ3n) is 6.12. The van der Waals surface area contributed by atoms with E-state index in [0.717, 1.165) is 11.3 Å². The molecule has 1 heterocycles. The third-order valence-corrected chi connectivity index (χ3v) is 6.12. The number of hydrogen-bond donors (Lipinski definition) is 3. The number of likely N-dealkylation sites (N-methyl/N-ethyl adjacent to an activating group) is 1. The Balaban J connectivity index is 1.50. The van der Waals surface area contributed by atoms with Gasteiger partial charge in [0.1, 0.15) is 12.5 Å². The van der Waals surface area contributed by atoms with Gasteiger partial charge in [0.15, 0.2) is 0 Å². The molecule has 4 amide bonds. The van der Waals surface area contributed by atoms with Crippen LogP contribution in [0.1, 0.15) is 32.1 Å². The molecule has 33 heavy (non-hydrogen) atoms. The zero-order chi connectivity index (χ0) is 24.0. The van der Waals surface area contributed by atoms with Crippen LogP contribution in [0.3, 0.4) is 0 Å². The molecule has 0 radical (unpaired) electrons. The second-order valence-corrected chi connectivity index (χ2v) is 8.58. The topological polar surface area (TPSA) is 143 Å². The van der Waals surface area contributed by atoms with Crippen LogP contribution >= 0.6 is 0 Å². The Morgan fingerprint density at radius 1 is 1.21 bits per heavy atom. The van der Waals surface area contributed by atoms with Crippen molar-refractivity contribution in [2.45, 2.75) is 50.3 Å². The molecule has 0 aromatic heterocycles. The van der Waals surface area contributed by atoms with E-state index in [-0.39, 0.29) is 31.5 Å². The molecule has 1 aromatic carbocycles. The van der Waals surface area contributed by atoms with Crippen molar-refractivity contribution in [3.63, 3.8) is 0 Å². The molecule has 1 saturated carbocycles. The number of para-hydroxylation sites is 1. The van der Waals surface area contributed by atoms with E-state index in [4.69, 9.17) is 0 Å². The number of aliphatic hydroxyl groups excluding tert-OH is 1. The van der Waals surface area contributed by atoms with E-state index >= 15 is 0 Å². The van der Waals surface area contributed by atoms with Gasteiger partial charge in [0.05, 0.1) is 30.7 Å². The normalized spacial score (nSPS) is 24.1. The third kappa shape index (κ3) is 6.29. The Morgan fingerprint density at radius 2 is 1.94 bits per heavy atom. The average molecular weight is 456 g/mol. The SMILES string of the molecule is CN(CC(=O)N1CC(C(=O)Nc2ccccc2)CC1C#N)C(=O)CC(=O)NC1CCCC1O. The van der Waals surface area contributed by atoms with Crippen LogP contribution in [0.15, 0.2) is 30.3 Å². The average Bonchev–Trinajstić information content (AvgIpc) is 3.40. The number of benzene rings is 1. The highest BCUT2D eigenvalue weighted by atomic mass is 16.3. The summed E-state index contributed by atoms with van der Waals surface area (Å²) in [4.78, 5) is 52.3. The van der Waals surface area contributed by atoms with Crippen molar-refractivity contribution in [2.75, 3.05) is 25.5 Å². The fraction of sp³-hybridized carbons (Fsp3) is 0.522. The zero-order valence-electron chi connectivity index (χ0n) is 18.6. The number of carbonyl (C=O) groups excluding carboxylic acids is 4. The first kappa shape index (κ1) is 24.2. The Bertz CT molecular complexity index is 931. The van der Waals surface area contributed by atoms with E-state index in [1.165, 1.54) is 11.9 Å². The van der Waals surface area contributed by atoms with Gasteiger partial charge in [0.25, 0.3) is 0 Å². The molecule has 1 aromatic rings. The van der Waals surface area contributed by atoms with Crippen LogP contribution in [-0.2, 0) is 19.2 Å². The summed E-state index contributed by atoms with van der Waals surface area (Å²) in [6.45, 7) is -0.221. The number of aliphatic hydroxyl groups is 1. The van der Waals surface area contributed by atoms with Crippen molar-refractivity contribution in [2.24, 2.45) is 5.92 Å². The fourth-order valence-corrected chi connectivity index (χ4v) is 4.21. The Morgan fingerprint density at radius 3 is 2.58 bits per heavy atom. The minimum Gasteiger partial charge on any atom is -0.391 e. The van der Waals surface area contributed by atoms with Crippen molar-refractivity contribution in [3.05, 3.63) is 30.3 Å². The minimum atomic E-state index is -0.764. The molecule has 3 rings (SSSR count). The van der Waals surface area contributed by atoms with Gasteiger partial charge in [0, 0.05) is 19.3 Å². The molecule has 0 spiro atoms. The first-order chi connectivity index (χ1) is 15.8. The predicted molar refractivity (Wildman–Crippen MR) is 118 cm³/mol. The smallest absolute Gasteiger partial charge is 0.243 e. The lowest BCUT2D eigenvalue weighted by Crippen LogP contribution is -2.45. The summed E-state index contributed by atoms with van der Waals surface area (Å²) < 4.78 is 0. The van der Waals surface area contributed by atoms with Crippen LogP contribution in [0, 0.1) is 17.2 Å². The fourth-order valence-electron chi connectivity index (χ4n) is 4.21. The summed E-state index contributed by atoms with van der Waals surface area (Å²) in [7, 11) is 1.41. The molecule has 1 aliphatic heterocycles. The quantitative estimate of drug-likeness (QED) is 0.503. The van der Waals surface area contributed by atoms with Crippen LogP contribution in [0.2, 0.25) is 0 Å². The number of nitrogens with one attached hydrogen (secondary N) is 2. The number of amides is 4. The molecular formula is C23H29N5O5. The van der Waals surface area contributed by atoms with Crippen LogP contribution in [0.5, 0.6) is 0 Å². The first-order valence-corrected chi connectivity index (χ1v) is 11.0. The highest BCUT2D eigenvalue weighted by Crippen LogP contribution is 2.25. The molecule has 4 atom stereocenters. The maximum Gasteiger partial charge on any atom is 0.243 e.